The molecule has 4 heteroatoms. The van der Waals surface area contributed by atoms with Gasteiger partial charge >= 0.3 is 0 Å². The van der Waals surface area contributed by atoms with Crippen molar-refractivity contribution in [2.45, 2.75) is 20.0 Å². The molecule has 0 saturated carbocycles. The average Bonchev–Trinajstić information content (AvgIpc) is 2.27. The standard InChI is InChI=1S/C12H17O2PS/c1-4-10-13-15(16,14-11(2)3)12-8-6-5-7-9-12/h4-9,11H,1,10H2,2-3H3. The molecule has 1 atom stereocenters. The monoisotopic (exact) mass is 256 g/mol. The summed E-state index contributed by atoms with van der Waals surface area (Å²) in [7, 11) is 0. The maximum absolute atomic E-state index is 5.78. The van der Waals surface area contributed by atoms with Gasteiger partial charge in [0, 0.05) is 5.30 Å². The summed E-state index contributed by atoms with van der Waals surface area (Å²) in [6, 6.07) is 9.74. The highest BCUT2D eigenvalue weighted by Gasteiger charge is 2.22. The van der Waals surface area contributed by atoms with Gasteiger partial charge in [-0.3, -0.25) is 0 Å². The van der Waals surface area contributed by atoms with Gasteiger partial charge in [-0.1, -0.05) is 24.3 Å². The van der Waals surface area contributed by atoms with Crippen LogP contribution >= 0.6 is 6.49 Å². The third kappa shape index (κ3) is 3.84. The zero-order valence-electron chi connectivity index (χ0n) is 9.63. The van der Waals surface area contributed by atoms with Gasteiger partial charge < -0.3 is 9.05 Å². The van der Waals surface area contributed by atoms with E-state index in [0.29, 0.717) is 6.61 Å². The lowest BCUT2D eigenvalue weighted by molar-refractivity contribution is 0.220. The van der Waals surface area contributed by atoms with Gasteiger partial charge in [0.2, 0.25) is 6.49 Å². The van der Waals surface area contributed by atoms with Crippen LogP contribution in [0.2, 0.25) is 0 Å². The van der Waals surface area contributed by atoms with Gasteiger partial charge in [0.25, 0.3) is 0 Å². The van der Waals surface area contributed by atoms with Crippen molar-refractivity contribution in [1.82, 2.24) is 0 Å². The second-order valence-corrected chi connectivity index (χ2v) is 6.99. The molecule has 0 radical (unpaired) electrons. The summed E-state index contributed by atoms with van der Waals surface area (Å²) in [6.07, 6.45) is 1.74. The molecule has 2 nitrogen and oxygen atoms in total. The lowest BCUT2D eigenvalue weighted by Crippen LogP contribution is -2.13. The largest absolute Gasteiger partial charge is 0.323 e. The fraction of sp³-hybridized carbons (Fsp3) is 0.333. The topological polar surface area (TPSA) is 18.5 Å². The summed E-state index contributed by atoms with van der Waals surface area (Å²) in [4.78, 5) is 0. The first kappa shape index (κ1) is 13.6. The lowest BCUT2D eigenvalue weighted by atomic mass is 10.4. The normalized spacial score (nSPS) is 14.7. The van der Waals surface area contributed by atoms with Crippen LogP contribution in [0.5, 0.6) is 0 Å². The summed E-state index contributed by atoms with van der Waals surface area (Å²) in [6.45, 7) is 5.58. The molecule has 0 saturated heterocycles. The van der Waals surface area contributed by atoms with Gasteiger partial charge in [-0.2, -0.15) is 0 Å². The molecule has 0 aliphatic carbocycles. The number of hydrogen-bond acceptors (Lipinski definition) is 3. The van der Waals surface area contributed by atoms with E-state index in [1.807, 2.05) is 44.2 Å². The van der Waals surface area contributed by atoms with Crippen molar-refractivity contribution >= 4 is 23.6 Å². The first-order valence-corrected chi connectivity index (χ1v) is 7.82. The molecule has 1 rings (SSSR count). The quantitative estimate of drug-likeness (QED) is 0.575. The Hall–Kier alpha value is -0.470. The van der Waals surface area contributed by atoms with Crippen LogP contribution in [0.15, 0.2) is 43.0 Å². The Kier molecular flexibility index (Phi) is 5.36. The fourth-order valence-corrected chi connectivity index (χ4v) is 3.99. The molecule has 0 spiro atoms. The van der Waals surface area contributed by atoms with E-state index in [1.165, 1.54) is 0 Å². The van der Waals surface area contributed by atoms with Crippen LogP contribution in [-0.4, -0.2) is 12.7 Å². The van der Waals surface area contributed by atoms with E-state index in [2.05, 4.69) is 6.58 Å². The molecular weight excluding hydrogens is 239 g/mol. The smallest absolute Gasteiger partial charge is 0.220 e. The maximum atomic E-state index is 5.78. The Morgan fingerprint density at radius 1 is 1.38 bits per heavy atom. The highest BCUT2D eigenvalue weighted by Crippen LogP contribution is 2.48. The minimum Gasteiger partial charge on any atom is -0.323 e. The Morgan fingerprint density at radius 3 is 2.50 bits per heavy atom. The second kappa shape index (κ2) is 6.31. The number of hydrogen-bond donors (Lipinski definition) is 0. The zero-order valence-corrected chi connectivity index (χ0v) is 11.3. The van der Waals surface area contributed by atoms with Crippen molar-refractivity contribution in [3.63, 3.8) is 0 Å². The molecule has 0 aliphatic rings. The summed E-state index contributed by atoms with van der Waals surface area (Å²) >= 11 is 5.53. The first-order valence-electron chi connectivity index (χ1n) is 5.18. The SMILES string of the molecule is C=CCOP(=S)(OC(C)C)c1ccccc1. The first-order chi connectivity index (χ1) is 7.58. The average molecular weight is 256 g/mol. The van der Waals surface area contributed by atoms with Gasteiger partial charge in [-0.05, 0) is 37.8 Å². The summed E-state index contributed by atoms with van der Waals surface area (Å²) in [5.41, 5.74) is 0. The molecule has 16 heavy (non-hydrogen) atoms. The van der Waals surface area contributed by atoms with Crippen molar-refractivity contribution in [2.75, 3.05) is 6.61 Å². The lowest BCUT2D eigenvalue weighted by Gasteiger charge is -2.24. The molecule has 0 aromatic heterocycles. The van der Waals surface area contributed by atoms with Gasteiger partial charge in [-0.15, -0.1) is 6.58 Å². The molecule has 0 N–H and O–H groups in total. The summed E-state index contributed by atoms with van der Waals surface area (Å²) in [5, 5.41) is 0.945. The van der Waals surface area contributed by atoms with E-state index in [1.54, 1.807) is 6.08 Å². The van der Waals surface area contributed by atoms with Crippen LogP contribution in [0.1, 0.15) is 13.8 Å². The third-order valence-electron chi connectivity index (χ3n) is 1.78. The van der Waals surface area contributed by atoms with E-state index >= 15 is 0 Å². The van der Waals surface area contributed by atoms with Crippen LogP contribution < -0.4 is 5.30 Å². The summed E-state index contributed by atoms with van der Waals surface area (Å²) < 4.78 is 11.4. The molecule has 0 amide bonds. The Labute approximate surface area is 102 Å². The van der Waals surface area contributed by atoms with E-state index in [-0.39, 0.29) is 6.10 Å². The van der Waals surface area contributed by atoms with Gasteiger partial charge in [0.1, 0.15) is 0 Å². The Morgan fingerprint density at radius 2 is 2.00 bits per heavy atom. The Balaban J connectivity index is 2.95. The summed E-state index contributed by atoms with van der Waals surface area (Å²) in [5.74, 6) is 0. The molecule has 0 aliphatic heterocycles. The van der Waals surface area contributed by atoms with Crippen LogP contribution in [0.4, 0.5) is 0 Å². The molecule has 0 bridgehead atoms. The fourth-order valence-electron chi connectivity index (χ4n) is 1.20. The van der Waals surface area contributed by atoms with E-state index in [0.717, 1.165) is 5.30 Å². The van der Waals surface area contributed by atoms with Crippen molar-refractivity contribution in [3.05, 3.63) is 43.0 Å². The second-order valence-electron chi connectivity index (χ2n) is 3.57. The third-order valence-corrected chi connectivity index (χ3v) is 5.11. The van der Waals surface area contributed by atoms with Crippen molar-refractivity contribution < 1.29 is 9.05 Å². The van der Waals surface area contributed by atoms with Crippen molar-refractivity contribution in [1.29, 1.82) is 0 Å². The van der Waals surface area contributed by atoms with E-state index in [9.17, 15) is 0 Å². The number of rotatable bonds is 6. The predicted octanol–water partition coefficient (Wildman–Crippen LogP) is 3.25. The minimum absolute atomic E-state index is 0.0517. The van der Waals surface area contributed by atoms with E-state index < -0.39 is 6.49 Å². The van der Waals surface area contributed by atoms with Crippen molar-refractivity contribution in [3.8, 4) is 0 Å². The van der Waals surface area contributed by atoms with Crippen molar-refractivity contribution in [2.24, 2.45) is 0 Å². The zero-order chi connectivity index (χ0) is 12.0. The highest BCUT2D eigenvalue weighted by molar-refractivity contribution is 8.13. The van der Waals surface area contributed by atoms with Gasteiger partial charge in [0.15, 0.2) is 0 Å². The van der Waals surface area contributed by atoms with Gasteiger partial charge in [-0.25, -0.2) is 0 Å². The minimum atomic E-state index is -2.38. The molecule has 1 aromatic carbocycles. The van der Waals surface area contributed by atoms with Gasteiger partial charge in [0.05, 0.1) is 12.7 Å². The molecule has 0 heterocycles. The number of benzene rings is 1. The van der Waals surface area contributed by atoms with Crippen LogP contribution in [0.3, 0.4) is 0 Å². The van der Waals surface area contributed by atoms with Crippen LogP contribution in [-0.2, 0) is 20.9 Å². The molecule has 88 valence electrons. The molecular formula is C12H17O2PS. The van der Waals surface area contributed by atoms with Crippen LogP contribution in [0, 0.1) is 0 Å². The molecule has 0 fully saturated rings. The van der Waals surface area contributed by atoms with E-state index in [4.69, 9.17) is 20.9 Å². The highest BCUT2D eigenvalue weighted by atomic mass is 32.5. The predicted molar refractivity (Wildman–Crippen MR) is 72.7 cm³/mol. The van der Waals surface area contributed by atoms with Crippen LogP contribution in [0.25, 0.3) is 0 Å². The molecule has 1 aromatic rings. The molecule has 1 unspecified atom stereocenters. The Bertz CT molecular complexity index is 376. The maximum Gasteiger partial charge on any atom is 0.220 e.